The summed E-state index contributed by atoms with van der Waals surface area (Å²) in [6.45, 7) is 0.451. The third-order valence-corrected chi connectivity index (χ3v) is 5.74. The summed E-state index contributed by atoms with van der Waals surface area (Å²) in [6, 6.07) is 12.1. The molecule has 8 heteroatoms. The van der Waals surface area contributed by atoms with Crippen LogP contribution < -0.4 is 9.62 Å². The Hall–Kier alpha value is -1.96. The standard InChI is InChI=1S/C17H16ClFN2O3S/c18-13-5-7-14(8-6-13)21-11-12(9-17(21)22)10-20-25(23,24)16-4-2-1-3-15(16)19/h1-8,12,20H,9-11H2/t12-/m1/s1. The number of amides is 1. The minimum atomic E-state index is -3.96. The van der Waals surface area contributed by atoms with Gasteiger partial charge in [0.1, 0.15) is 10.7 Å². The number of carbonyl (C=O) groups excluding carboxylic acids is 1. The van der Waals surface area contributed by atoms with Crippen molar-refractivity contribution >= 4 is 33.2 Å². The number of nitrogens with one attached hydrogen (secondary N) is 1. The van der Waals surface area contributed by atoms with Gasteiger partial charge < -0.3 is 4.90 Å². The Morgan fingerprint density at radius 2 is 1.84 bits per heavy atom. The van der Waals surface area contributed by atoms with E-state index >= 15 is 0 Å². The van der Waals surface area contributed by atoms with E-state index in [0.29, 0.717) is 17.3 Å². The molecule has 0 unspecified atom stereocenters. The molecule has 3 rings (SSSR count). The summed E-state index contributed by atoms with van der Waals surface area (Å²) in [7, 11) is -3.96. The number of halogens is 2. The lowest BCUT2D eigenvalue weighted by Gasteiger charge is -2.17. The number of hydrogen-bond acceptors (Lipinski definition) is 3. The minimum Gasteiger partial charge on any atom is -0.312 e. The van der Waals surface area contributed by atoms with E-state index in [9.17, 15) is 17.6 Å². The van der Waals surface area contributed by atoms with Gasteiger partial charge in [0, 0.05) is 30.2 Å². The smallest absolute Gasteiger partial charge is 0.243 e. The van der Waals surface area contributed by atoms with Crippen LogP contribution in [0.4, 0.5) is 10.1 Å². The summed E-state index contributed by atoms with van der Waals surface area (Å²) in [4.78, 5) is 13.4. The highest BCUT2D eigenvalue weighted by Crippen LogP contribution is 2.26. The third kappa shape index (κ3) is 4.00. The molecule has 1 aliphatic rings. The fraction of sp³-hybridized carbons (Fsp3) is 0.235. The van der Waals surface area contributed by atoms with E-state index in [-0.39, 0.29) is 24.8 Å². The largest absolute Gasteiger partial charge is 0.312 e. The molecule has 1 aliphatic heterocycles. The first-order valence-corrected chi connectivity index (χ1v) is 9.53. The van der Waals surface area contributed by atoms with Gasteiger partial charge in [-0.1, -0.05) is 23.7 Å². The highest BCUT2D eigenvalue weighted by Gasteiger charge is 2.31. The van der Waals surface area contributed by atoms with Crippen molar-refractivity contribution in [3.05, 3.63) is 59.4 Å². The summed E-state index contributed by atoms with van der Waals surface area (Å²) in [6.07, 6.45) is 0.225. The van der Waals surface area contributed by atoms with Gasteiger partial charge in [0.25, 0.3) is 0 Å². The number of benzene rings is 2. The highest BCUT2D eigenvalue weighted by molar-refractivity contribution is 7.89. The monoisotopic (exact) mass is 382 g/mol. The Bertz CT molecular complexity index is 887. The molecule has 0 spiro atoms. The number of rotatable bonds is 5. The van der Waals surface area contributed by atoms with E-state index in [1.165, 1.54) is 18.2 Å². The Balaban J connectivity index is 1.66. The van der Waals surface area contributed by atoms with E-state index in [2.05, 4.69) is 4.72 Å². The third-order valence-electron chi connectivity index (χ3n) is 4.03. The van der Waals surface area contributed by atoms with Crippen LogP contribution in [-0.4, -0.2) is 27.4 Å². The lowest BCUT2D eigenvalue weighted by atomic mass is 10.1. The molecule has 0 aromatic heterocycles. The molecule has 1 saturated heterocycles. The molecular formula is C17H16ClFN2O3S. The summed E-state index contributed by atoms with van der Waals surface area (Å²) < 4.78 is 40.5. The Labute approximate surface area is 150 Å². The van der Waals surface area contributed by atoms with Crippen LogP contribution in [0, 0.1) is 11.7 Å². The van der Waals surface area contributed by atoms with Gasteiger partial charge in [-0.15, -0.1) is 0 Å². The van der Waals surface area contributed by atoms with Crippen molar-refractivity contribution in [1.82, 2.24) is 4.72 Å². The zero-order valence-electron chi connectivity index (χ0n) is 13.2. The van der Waals surface area contributed by atoms with Crippen LogP contribution in [0.25, 0.3) is 0 Å². The molecule has 2 aromatic rings. The number of sulfonamides is 1. The van der Waals surface area contributed by atoms with Crippen molar-refractivity contribution in [2.45, 2.75) is 11.3 Å². The molecule has 0 aliphatic carbocycles. The molecule has 1 fully saturated rings. The number of hydrogen-bond donors (Lipinski definition) is 1. The van der Waals surface area contributed by atoms with Crippen LogP contribution in [0.3, 0.4) is 0 Å². The molecule has 1 heterocycles. The molecule has 1 N–H and O–H groups in total. The first kappa shape index (κ1) is 17.8. The van der Waals surface area contributed by atoms with Gasteiger partial charge in [0.2, 0.25) is 15.9 Å². The van der Waals surface area contributed by atoms with Gasteiger partial charge in [-0.25, -0.2) is 17.5 Å². The van der Waals surface area contributed by atoms with E-state index in [1.807, 2.05) is 0 Å². The van der Waals surface area contributed by atoms with E-state index in [1.54, 1.807) is 29.2 Å². The molecule has 0 radical (unpaired) electrons. The van der Waals surface area contributed by atoms with Crippen molar-refractivity contribution in [2.24, 2.45) is 5.92 Å². The topological polar surface area (TPSA) is 66.5 Å². The van der Waals surface area contributed by atoms with Crippen molar-refractivity contribution in [3.8, 4) is 0 Å². The van der Waals surface area contributed by atoms with Gasteiger partial charge in [-0.2, -0.15) is 0 Å². The molecule has 1 amide bonds. The van der Waals surface area contributed by atoms with Crippen molar-refractivity contribution in [2.75, 3.05) is 18.0 Å². The first-order chi connectivity index (χ1) is 11.9. The van der Waals surface area contributed by atoms with Crippen LogP contribution in [0.5, 0.6) is 0 Å². The van der Waals surface area contributed by atoms with E-state index in [0.717, 1.165) is 6.07 Å². The Morgan fingerprint density at radius 3 is 2.52 bits per heavy atom. The molecule has 0 saturated carbocycles. The van der Waals surface area contributed by atoms with Crippen LogP contribution in [-0.2, 0) is 14.8 Å². The number of anilines is 1. The maximum Gasteiger partial charge on any atom is 0.243 e. The second-order valence-corrected chi connectivity index (χ2v) is 8.01. The highest BCUT2D eigenvalue weighted by atomic mass is 35.5. The van der Waals surface area contributed by atoms with E-state index < -0.39 is 20.7 Å². The molecule has 5 nitrogen and oxygen atoms in total. The van der Waals surface area contributed by atoms with Crippen molar-refractivity contribution in [1.29, 1.82) is 0 Å². The van der Waals surface area contributed by atoms with Crippen LogP contribution in [0.2, 0.25) is 5.02 Å². The summed E-state index contributed by atoms with van der Waals surface area (Å²) >= 11 is 5.84. The Kier molecular flexibility index (Phi) is 5.08. The molecule has 132 valence electrons. The molecule has 2 aromatic carbocycles. The maximum absolute atomic E-state index is 13.7. The average Bonchev–Trinajstić information content (AvgIpc) is 2.95. The van der Waals surface area contributed by atoms with Crippen LogP contribution in [0.15, 0.2) is 53.4 Å². The predicted molar refractivity (Wildman–Crippen MR) is 93.5 cm³/mol. The fourth-order valence-corrected chi connectivity index (χ4v) is 4.08. The zero-order chi connectivity index (χ0) is 18.0. The number of nitrogens with zero attached hydrogens (tertiary/aromatic N) is 1. The molecule has 25 heavy (non-hydrogen) atoms. The lowest BCUT2D eigenvalue weighted by molar-refractivity contribution is -0.117. The minimum absolute atomic E-state index is 0.0620. The van der Waals surface area contributed by atoms with Gasteiger partial charge in [0.05, 0.1) is 0 Å². The van der Waals surface area contributed by atoms with Gasteiger partial charge in [-0.05, 0) is 42.3 Å². The summed E-state index contributed by atoms with van der Waals surface area (Å²) in [5, 5.41) is 0.574. The zero-order valence-corrected chi connectivity index (χ0v) is 14.7. The molecular weight excluding hydrogens is 367 g/mol. The van der Waals surface area contributed by atoms with Crippen molar-refractivity contribution < 1.29 is 17.6 Å². The van der Waals surface area contributed by atoms with Gasteiger partial charge >= 0.3 is 0 Å². The summed E-state index contributed by atoms with van der Waals surface area (Å²) in [5.74, 6) is -1.08. The SMILES string of the molecule is O=C1C[C@H](CNS(=O)(=O)c2ccccc2F)CN1c1ccc(Cl)cc1. The summed E-state index contributed by atoms with van der Waals surface area (Å²) in [5.41, 5.74) is 0.717. The lowest BCUT2D eigenvalue weighted by Crippen LogP contribution is -2.31. The van der Waals surface area contributed by atoms with Gasteiger partial charge in [-0.3, -0.25) is 4.79 Å². The molecule has 0 bridgehead atoms. The Morgan fingerprint density at radius 1 is 1.16 bits per heavy atom. The average molecular weight is 383 g/mol. The van der Waals surface area contributed by atoms with E-state index in [4.69, 9.17) is 11.6 Å². The molecule has 1 atom stereocenters. The quantitative estimate of drug-likeness (QED) is 0.864. The number of carbonyl (C=O) groups is 1. The fourth-order valence-electron chi connectivity index (χ4n) is 2.76. The predicted octanol–water partition coefficient (Wildman–Crippen LogP) is 2.81. The van der Waals surface area contributed by atoms with Crippen molar-refractivity contribution in [3.63, 3.8) is 0 Å². The second kappa shape index (κ2) is 7.11. The van der Waals surface area contributed by atoms with Gasteiger partial charge in [0.15, 0.2) is 0 Å². The first-order valence-electron chi connectivity index (χ1n) is 7.67. The maximum atomic E-state index is 13.7. The van der Waals surface area contributed by atoms with Crippen LogP contribution in [0.1, 0.15) is 6.42 Å². The second-order valence-electron chi connectivity index (χ2n) is 5.83. The van der Waals surface area contributed by atoms with Crippen LogP contribution >= 0.6 is 11.6 Å². The normalized spacial score (nSPS) is 17.9.